The van der Waals surface area contributed by atoms with E-state index in [2.05, 4.69) is 12.2 Å². The Hall–Kier alpha value is -1.62. The van der Waals surface area contributed by atoms with Gasteiger partial charge in [0.1, 0.15) is 11.9 Å². The molecule has 0 aliphatic rings. The molecule has 0 amide bonds. The van der Waals surface area contributed by atoms with Crippen molar-refractivity contribution < 1.29 is 18.9 Å². The van der Waals surface area contributed by atoms with Gasteiger partial charge in [-0.3, -0.25) is 0 Å². The van der Waals surface area contributed by atoms with E-state index in [1.54, 1.807) is 21.3 Å². The Bertz CT molecular complexity index is 378. The van der Waals surface area contributed by atoms with Gasteiger partial charge in [0.2, 0.25) is 5.75 Å². The Morgan fingerprint density at radius 2 is 1.65 bits per heavy atom. The van der Waals surface area contributed by atoms with Crippen molar-refractivity contribution >= 4 is 0 Å². The van der Waals surface area contributed by atoms with E-state index in [1.165, 1.54) is 0 Å². The van der Waals surface area contributed by atoms with Crippen molar-refractivity contribution in [2.45, 2.75) is 25.9 Å². The first-order valence-corrected chi connectivity index (χ1v) is 6.81. The summed E-state index contributed by atoms with van der Waals surface area (Å²) in [6.07, 6.45) is 2.17. The van der Waals surface area contributed by atoms with Crippen molar-refractivity contribution in [1.29, 1.82) is 0 Å². The van der Waals surface area contributed by atoms with Crippen LogP contribution < -0.4 is 24.3 Å². The molecule has 1 atom stereocenters. The maximum atomic E-state index is 6.00. The van der Waals surface area contributed by atoms with Gasteiger partial charge in [-0.1, -0.05) is 13.3 Å². The van der Waals surface area contributed by atoms with Crippen LogP contribution in [0.1, 0.15) is 19.8 Å². The third-order valence-corrected chi connectivity index (χ3v) is 2.98. The number of methoxy groups -OCH3 is 3. The summed E-state index contributed by atoms with van der Waals surface area (Å²) in [7, 11) is 6.69. The highest BCUT2D eigenvalue weighted by Gasteiger charge is 2.16. The summed E-state index contributed by atoms with van der Waals surface area (Å²) in [6, 6.07) is 3.64. The highest BCUT2D eigenvalue weighted by atomic mass is 16.5. The lowest BCUT2D eigenvalue weighted by atomic mass is 10.2. The molecule has 1 rings (SSSR count). The number of hydrogen-bond acceptors (Lipinski definition) is 5. The van der Waals surface area contributed by atoms with Gasteiger partial charge in [0.05, 0.1) is 21.3 Å². The number of nitrogens with one attached hydrogen (secondary N) is 1. The third-order valence-electron chi connectivity index (χ3n) is 2.98. The summed E-state index contributed by atoms with van der Waals surface area (Å²) in [4.78, 5) is 0. The zero-order chi connectivity index (χ0) is 15.0. The minimum absolute atomic E-state index is 0.118. The predicted octanol–water partition coefficient (Wildman–Crippen LogP) is 2.48. The van der Waals surface area contributed by atoms with Gasteiger partial charge in [0.25, 0.3) is 0 Å². The van der Waals surface area contributed by atoms with Crippen LogP contribution in [0.15, 0.2) is 12.1 Å². The van der Waals surface area contributed by atoms with Crippen LogP contribution in [-0.2, 0) is 0 Å². The van der Waals surface area contributed by atoms with E-state index in [1.807, 2.05) is 19.2 Å². The molecule has 1 N–H and O–H groups in total. The largest absolute Gasteiger partial charge is 0.493 e. The Morgan fingerprint density at radius 1 is 1.05 bits per heavy atom. The van der Waals surface area contributed by atoms with Gasteiger partial charge in [0.15, 0.2) is 11.5 Å². The van der Waals surface area contributed by atoms with E-state index in [0.29, 0.717) is 23.0 Å². The van der Waals surface area contributed by atoms with Crippen molar-refractivity contribution in [3.63, 3.8) is 0 Å². The fourth-order valence-electron chi connectivity index (χ4n) is 2.07. The van der Waals surface area contributed by atoms with Gasteiger partial charge in [0, 0.05) is 18.7 Å². The first kappa shape index (κ1) is 16.4. The molecule has 0 fully saturated rings. The van der Waals surface area contributed by atoms with Crippen LogP contribution in [-0.4, -0.2) is 41.0 Å². The minimum atomic E-state index is 0.118. The number of likely N-dealkylation sites (N-methyl/N-ethyl adjacent to an activating group) is 1. The first-order chi connectivity index (χ1) is 9.69. The average Bonchev–Trinajstić information content (AvgIpc) is 2.46. The van der Waals surface area contributed by atoms with Gasteiger partial charge in [-0.2, -0.15) is 0 Å². The van der Waals surface area contributed by atoms with Crippen molar-refractivity contribution in [3.05, 3.63) is 12.1 Å². The van der Waals surface area contributed by atoms with E-state index < -0.39 is 0 Å². The van der Waals surface area contributed by atoms with E-state index in [9.17, 15) is 0 Å². The highest BCUT2D eigenvalue weighted by molar-refractivity contribution is 5.55. The molecule has 0 aliphatic carbocycles. The number of ether oxygens (including phenoxy) is 4. The molecule has 0 saturated carbocycles. The van der Waals surface area contributed by atoms with Crippen molar-refractivity contribution in [1.82, 2.24) is 5.32 Å². The second-order valence-electron chi connectivity index (χ2n) is 4.45. The molecule has 5 heteroatoms. The number of rotatable bonds is 9. The SMILES string of the molecule is CCCC(CNC)Oc1cc(OC)c(OC)c(OC)c1. The summed E-state index contributed by atoms with van der Waals surface area (Å²) in [5.74, 6) is 2.49. The molecule has 1 aromatic carbocycles. The van der Waals surface area contributed by atoms with E-state index in [4.69, 9.17) is 18.9 Å². The molecular weight excluding hydrogens is 258 g/mol. The summed E-state index contributed by atoms with van der Waals surface area (Å²) in [5.41, 5.74) is 0. The second kappa shape index (κ2) is 8.53. The van der Waals surface area contributed by atoms with Crippen LogP contribution in [0.2, 0.25) is 0 Å². The normalized spacial score (nSPS) is 11.8. The molecule has 0 radical (unpaired) electrons. The quantitative estimate of drug-likeness (QED) is 0.754. The lowest BCUT2D eigenvalue weighted by molar-refractivity contribution is 0.187. The monoisotopic (exact) mass is 283 g/mol. The zero-order valence-corrected chi connectivity index (χ0v) is 13.0. The van der Waals surface area contributed by atoms with Crippen molar-refractivity contribution in [3.8, 4) is 23.0 Å². The molecule has 0 bridgehead atoms. The number of benzene rings is 1. The van der Waals surface area contributed by atoms with Crippen LogP contribution in [0.5, 0.6) is 23.0 Å². The van der Waals surface area contributed by atoms with Gasteiger partial charge < -0.3 is 24.3 Å². The molecule has 5 nitrogen and oxygen atoms in total. The Morgan fingerprint density at radius 3 is 2.05 bits per heavy atom. The Kier molecular flexibility index (Phi) is 7.01. The summed E-state index contributed by atoms with van der Waals surface area (Å²) < 4.78 is 21.9. The second-order valence-corrected chi connectivity index (χ2v) is 4.45. The van der Waals surface area contributed by atoms with E-state index in [0.717, 1.165) is 19.4 Å². The van der Waals surface area contributed by atoms with Crippen LogP contribution in [0, 0.1) is 0 Å². The standard InChI is InChI=1S/C15H25NO4/c1-6-7-11(10-16-2)20-12-8-13(17-3)15(19-5)14(9-12)18-4/h8-9,11,16H,6-7,10H2,1-5H3. The Labute approximate surface area is 121 Å². The summed E-state index contributed by atoms with van der Waals surface area (Å²) in [5, 5.41) is 3.14. The lowest BCUT2D eigenvalue weighted by Gasteiger charge is -2.20. The average molecular weight is 283 g/mol. The molecule has 20 heavy (non-hydrogen) atoms. The third kappa shape index (κ3) is 4.20. The molecule has 1 unspecified atom stereocenters. The van der Waals surface area contributed by atoms with Crippen LogP contribution in [0.3, 0.4) is 0 Å². The topological polar surface area (TPSA) is 49.0 Å². The molecule has 0 aromatic heterocycles. The maximum absolute atomic E-state index is 6.00. The van der Waals surface area contributed by atoms with Crippen LogP contribution >= 0.6 is 0 Å². The fourth-order valence-corrected chi connectivity index (χ4v) is 2.07. The lowest BCUT2D eigenvalue weighted by Crippen LogP contribution is -2.29. The zero-order valence-electron chi connectivity index (χ0n) is 13.0. The van der Waals surface area contributed by atoms with Gasteiger partial charge in [-0.05, 0) is 13.5 Å². The Balaban J connectivity index is 2.99. The molecule has 114 valence electrons. The van der Waals surface area contributed by atoms with Gasteiger partial charge in [-0.15, -0.1) is 0 Å². The highest BCUT2D eigenvalue weighted by Crippen LogP contribution is 2.41. The fraction of sp³-hybridized carbons (Fsp3) is 0.600. The van der Waals surface area contributed by atoms with Crippen molar-refractivity contribution in [2.75, 3.05) is 34.9 Å². The van der Waals surface area contributed by atoms with Crippen molar-refractivity contribution in [2.24, 2.45) is 0 Å². The first-order valence-electron chi connectivity index (χ1n) is 6.81. The molecule has 0 saturated heterocycles. The smallest absolute Gasteiger partial charge is 0.203 e. The molecule has 0 heterocycles. The molecular formula is C15H25NO4. The summed E-state index contributed by atoms with van der Waals surface area (Å²) in [6.45, 7) is 2.94. The van der Waals surface area contributed by atoms with Crippen LogP contribution in [0.25, 0.3) is 0 Å². The predicted molar refractivity (Wildman–Crippen MR) is 79.3 cm³/mol. The molecule has 1 aromatic rings. The van der Waals surface area contributed by atoms with Crippen LogP contribution in [0.4, 0.5) is 0 Å². The van der Waals surface area contributed by atoms with E-state index >= 15 is 0 Å². The number of hydrogen-bond donors (Lipinski definition) is 1. The molecule has 0 aliphatic heterocycles. The van der Waals surface area contributed by atoms with Gasteiger partial charge >= 0.3 is 0 Å². The summed E-state index contributed by atoms with van der Waals surface area (Å²) >= 11 is 0. The molecule has 0 spiro atoms. The maximum Gasteiger partial charge on any atom is 0.203 e. The van der Waals surface area contributed by atoms with E-state index in [-0.39, 0.29) is 6.10 Å². The van der Waals surface area contributed by atoms with Gasteiger partial charge in [-0.25, -0.2) is 0 Å². The minimum Gasteiger partial charge on any atom is -0.493 e.